The Morgan fingerprint density at radius 3 is 2.93 bits per heavy atom. The number of aromatic amines is 1. The van der Waals surface area contributed by atoms with Crippen LogP contribution in [0, 0.1) is 6.92 Å². The maximum Gasteiger partial charge on any atom is 0.340 e. The van der Waals surface area contributed by atoms with Gasteiger partial charge in [-0.3, -0.25) is 0 Å². The van der Waals surface area contributed by atoms with Crippen molar-refractivity contribution in [3.05, 3.63) is 35.7 Å². The summed E-state index contributed by atoms with van der Waals surface area (Å²) >= 11 is 0. The average Bonchev–Trinajstić information content (AvgIpc) is 2.85. The van der Waals surface area contributed by atoms with E-state index in [2.05, 4.69) is 4.98 Å². The predicted molar refractivity (Wildman–Crippen MR) is 54.6 cm³/mol. The Hall–Kier alpha value is -1.97. The van der Waals surface area contributed by atoms with Crippen LogP contribution in [0.15, 0.2) is 29.0 Å². The number of hydrogen-bond acceptors (Lipinski definition) is 3. The molecule has 2 aromatic heterocycles. The summed E-state index contributed by atoms with van der Waals surface area (Å²) in [5.74, 6) is 0.267. The molecular formula is C11H11NO3. The topological polar surface area (TPSA) is 55.2 Å². The second-order valence-corrected chi connectivity index (χ2v) is 3.19. The van der Waals surface area contributed by atoms with Gasteiger partial charge in [0.25, 0.3) is 0 Å². The van der Waals surface area contributed by atoms with Crippen molar-refractivity contribution in [2.24, 2.45) is 0 Å². The van der Waals surface area contributed by atoms with Gasteiger partial charge < -0.3 is 14.1 Å². The molecule has 0 aliphatic carbocycles. The fraction of sp³-hybridized carbons (Fsp3) is 0.182. The zero-order valence-electron chi connectivity index (χ0n) is 8.53. The van der Waals surface area contributed by atoms with Crippen LogP contribution >= 0.6 is 0 Å². The van der Waals surface area contributed by atoms with Gasteiger partial charge >= 0.3 is 5.97 Å². The maximum atomic E-state index is 11.5. The molecule has 78 valence electrons. The normalized spacial score (nSPS) is 10.3. The molecule has 0 saturated heterocycles. The number of furan rings is 1. The monoisotopic (exact) mass is 205 g/mol. The number of rotatable bonds is 2. The molecule has 2 rings (SSSR count). The third-order valence-electron chi connectivity index (χ3n) is 2.23. The summed E-state index contributed by atoms with van der Waals surface area (Å²) in [7, 11) is 1.36. The van der Waals surface area contributed by atoms with Crippen LogP contribution in [-0.2, 0) is 4.74 Å². The fourth-order valence-corrected chi connectivity index (χ4v) is 1.50. The van der Waals surface area contributed by atoms with Crippen LogP contribution in [0.25, 0.3) is 11.5 Å². The Morgan fingerprint density at radius 2 is 2.33 bits per heavy atom. The molecule has 0 bridgehead atoms. The summed E-state index contributed by atoms with van der Waals surface area (Å²) in [6, 6.07) is 3.56. The van der Waals surface area contributed by atoms with Crippen LogP contribution in [-0.4, -0.2) is 18.1 Å². The standard InChI is InChI=1S/C11H11NO3/c1-7-6-12-10(8-4-3-5-15-8)9(7)11(13)14-2/h3-6,12H,1-2H3. The number of aryl methyl sites for hydroxylation is 1. The minimum Gasteiger partial charge on any atom is -0.465 e. The molecule has 4 heteroatoms. The molecule has 2 heterocycles. The van der Waals surface area contributed by atoms with E-state index in [1.807, 2.05) is 6.92 Å². The number of esters is 1. The first-order chi connectivity index (χ1) is 7.24. The van der Waals surface area contributed by atoms with E-state index in [1.54, 1.807) is 24.6 Å². The summed E-state index contributed by atoms with van der Waals surface area (Å²) in [5, 5.41) is 0. The van der Waals surface area contributed by atoms with Crippen LogP contribution in [0.4, 0.5) is 0 Å². The van der Waals surface area contributed by atoms with E-state index in [9.17, 15) is 4.79 Å². The summed E-state index contributed by atoms with van der Waals surface area (Å²) in [4.78, 5) is 14.5. The first-order valence-corrected chi connectivity index (χ1v) is 4.54. The third kappa shape index (κ3) is 1.54. The van der Waals surface area contributed by atoms with Gasteiger partial charge in [-0.05, 0) is 24.6 Å². The Balaban J connectivity index is 2.54. The zero-order valence-corrected chi connectivity index (χ0v) is 8.53. The number of H-pyrrole nitrogens is 1. The first kappa shape index (κ1) is 9.58. The molecule has 0 unspecified atom stereocenters. The van der Waals surface area contributed by atoms with Gasteiger partial charge in [0.15, 0.2) is 5.76 Å². The Labute approximate surface area is 86.9 Å². The van der Waals surface area contributed by atoms with Crippen LogP contribution in [0.3, 0.4) is 0 Å². The van der Waals surface area contributed by atoms with E-state index in [0.717, 1.165) is 5.56 Å². The number of aromatic nitrogens is 1. The van der Waals surface area contributed by atoms with Gasteiger partial charge in [-0.1, -0.05) is 0 Å². The van der Waals surface area contributed by atoms with E-state index in [-0.39, 0.29) is 5.97 Å². The second-order valence-electron chi connectivity index (χ2n) is 3.19. The average molecular weight is 205 g/mol. The van der Waals surface area contributed by atoms with Crippen molar-refractivity contribution in [3.8, 4) is 11.5 Å². The molecule has 2 aromatic rings. The smallest absolute Gasteiger partial charge is 0.340 e. The SMILES string of the molecule is COC(=O)c1c(C)c[nH]c1-c1ccco1. The molecular weight excluding hydrogens is 194 g/mol. The Morgan fingerprint density at radius 1 is 1.53 bits per heavy atom. The van der Waals surface area contributed by atoms with Gasteiger partial charge in [0.05, 0.1) is 24.6 Å². The van der Waals surface area contributed by atoms with Gasteiger partial charge in [0.1, 0.15) is 0 Å². The summed E-state index contributed by atoms with van der Waals surface area (Å²) in [5.41, 5.74) is 2.02. The molecule has 0 radical (unpaired) electrons. The highest BCUT2D eigenvalue weighted by Crippen LogP contribution is 2.25. The zero-order chi connectivity index (χ0) is 10.8. The number of nitrogens with one attached hydrogen (secondary N) is 1. The van der Waals surface area contributed by atoms with E-state index >= 15 is 0 Å². The highest BCUT2D eigenvalue weighted by molar-refractivity contribution is 5.97. The van der Waals surface area contributed by atoms with E-state index in [4.69, 9.17) is 9.15 Å². The minimum absolute atomic E-state index is 0.361. The lowest BCUT2D eigenvalue weighted by molar-refractivity contribution is 0.0601. The summed E-state index contributed by atoms with van der Waals surface area (Å²) < 4.78 is 9.94. The highest BCUT2D eigenvalue weighted by atomic mass is 16.5. The largest absolute Gasteiger partial charge is 0.465 e. The van der Waals surface area contributed by atoms with Crippen molar-refractivity contribution < 1.29 is 13.9 Å². The maximum absolute atomic E-state index is 11.5. The van der Waals surface area contributed by atoms with Gasteiger partial charge in [0.2, 0.25) is 0 Å². The lowest BCUT2D eigenvalue weighted by Crippen LogP contribution is -2.03. The summed E-state index contributed by atoms with van der Waals surface area (Å²) in [6.45, 7) is 1.84. The summed E-state index contributed by atoms with van der Waals surface area (Å²) in [6.07, 6.45) is 3.32. The molecule has 0 amide bonds. The quantitative estimate of drug-likeness (QED) is 0.766. The number of carbonyl (C=O) groups is 1. The van der Waals surface area contributed by atoms with Crippen LogP contribution < -0.4 is 0 Å². The van der Waals surface area contributed by atoms with Crippen molar-refractivity contribution in [1.82, 2.24) is 4.98 Å². The molecule has 1 N–H and O–H groups in total. The van der Waals surface area contributed by atoms with Gasteiger partial charge in [0, 0.05) is 6.20 Å². The molecule has 15 heavy (non-hydrogen) atoms. The second kappa shape index (κ2) is 3.65. The van der Waals surface area contributed by atoms with Crippen LogP contribution in [0.2, 0.25) is 0 Å². The molecule has 4 nitrogen and oxygen atoms in total. The fourth-order valence-electron chi connectivity index (χ4n) is 1.50. The first-order valence-electron chi connectivity index (χ1n) is 4.54. The van der Waals surface area contributed by atoms with Gasteiger partial charge in [-0.25, -0.2) is 4.79 Å². The van der Waals surface area contributed by atoms with Crippen molar-refractivity contribution in [2.45, 2.75) is 6.92 Å². The Bertz CT molecular complexity index is 468. The number of carbonyl (C=O) groups excluding carboxylic acids is 1. The molecule has 0 spiro atoms. The predicted octanol–water partition coefficient (Wildman–Crippen LogP) is 2.37. The van der Waals surface area contributed by atoms with Crippen molar-refractivity contribution in [3.63, 3.8) is 0 Å². The van der Waals surface area contributed by atoms with Gasteiger partial charge in [-0.2, -0.15) is 0 Å². The molecule has 0 aliphatic rings. The Kier molecular flexibility index (Phi) is 2.33. The van der Waals surface area contributed by atoms with E-state index in [0.29, 0.717) is 17.0 Å². The lowest BCUT2D eigenvalue weighted by atomic mass is 10.1. The third-order valence-corrected chi connectivity index (χ3v) is 2.23. The molecule has 0 aliphatic heterocycles. The van der Waals surface area contributed by atoms with Crippen LogP contribution in [0.1, 0.15) is 15.9 Å². The molecule has 0 fully saturated rings. The molecule has 0 saturated carbocycles. The van der Waals surface area contributed by atoms with Crippen molar-refractivity contribution in [2.75, 3.05) is 7.11 Å². The van der Waals surface area contributed by atoms with Crippen molar-refractivity contribution in [1.29, 1.82) is 0 Å². The van der Waals surface area contributed by atoms with Crippen molar-refractivity contribution >= 4 is 5.97 Å². The number of methoxy groups -OCH3 is 1. The number of ether oxygens (including phenoxy) is 1. The van der Waals surface area contributed by atoms with E-state index in [1.165, 1.54) is 7.11 Å². The van der Waals surface area contributed by atoms with Gasteiger partial charge in [-0.15, -0.1) is 0 Å². The van der Waals surface area contributed by atoms with E-state index < -0.39 is 0 Å². The van der Waals surface area contributed by atoms with Crippen LogP contribution in [0.5, 0.6) is 0 Å². The minimum atomic E-state index is -0.361. The molecule has 0 aromatic carbocycles. The number of hydrogen-bond donors (Lipinski definition) is 1. The lowest BCUT2D eigenvalue weighted by Gasteiger charge is -2.00. The molecule has 0 atom stereocenters. The highest BCUT2D eigenvalue weighted by Gasteiger charge is 2.19.